The van der Waals surface area contributed by atoms with Gasteiger partial charge < -0.3 is 15.8 Å². The summed E-state index contributed by atoms with van der Waals surface area (Å²) in [5, 5.41) is 3.70. The summed E-state index contributed by atoms with van der Waals surface area (Å²) >= 11 is 7.59. The van der Waals surface area contributed by atoms with Crippen LogP contribution in [0.3, 0.4) is 0 Å². The third-order valence-electron chi connectivity index (χ3n) is 3.49. The summed E-state index contributed by atoms with van der Waals surface area (Å²) in [5.74, 6) is 0.824. The van der Waals surface area contributed by atoms with Crippen LogP contribution in [-0.2, 0) is 16.1 Å². The molecule has 9 heteroatoms. The normalized spacial score (nSPS) is 10.5. The predicted molar refractivity (Wildman–Crippen MR) is 111 cm³/mol. The van der Waals surface area contributed by atoms with E-state index in [-0.39, 0.29) is 30.8 Å². The molecule has 0 aliphatic rings. The Labute approximate surface area is 171 Å². The number of nitrogens with one attached hydrogen (secondary N) is 1. The van der Waals surface area contributed by atoms with E-state index in [0.717, 1.165) is 10.6 Å². The zero-order chi connectivity index (χ0) is 19.8. The number of aromatic nitrogens is 3. The van der Waals surface area contributed by atoms with Gasteiger partial charge in [-0.1, -0.05) is 41.9 Å². The first-order valence-electron chi connectivity index (χ1n) is 8.45. The highest BCUT2D eigenvalue weighted by Crippen LogP contribution is 2.27. The van der Waals surface area contributed by atoms with Crippen LogP contribution in [0.4, 0.5) is 17.6 Å². The zero-order valence-corrected chi connectivity index (χ0v) is 16.4. The van der Waals surface area contributed by atoms with Crippen molar-refractivity contribution >= 4 is 46.9 Å². The number of benzene rings is 2. The van der Waals surface area contributed by atoms with Crippen LogP contribution >= 0.6 is 23.4 Å². The van der Waals surface area contributed by atoms with Gasteiger partial charge in [-0.15, -0.1) is 11.8 Å². The van der Waals surface area contributed by atoms with Crippen LogP contribution in [0.2, 0.25) is 5.02 Å². The van der Waals surface area contributed by atoms with Crippen LogP contribution in [0.15, 0.2) is 59.5 Å². The number of ether oxygens (including phenoxy) is 1. The van der Waals surface area contributed by atoms with Crippen LogP contribution in [0, 0.1) is 0 Å². The van der Waals surface area contributed by atoms with Crippen LogP contribution in [-0.4, -0.2) is 26.7 Å². The molecule has 28 heavy (non-hydrogen) atoms. The van der Waals surface area contributed by atoms with Gasteiger partial charge in [0.25, 0.3) is 0 Å². The first kappa shape index (κ1) is 19.9. The number of rotatable bonds is 8. The molecule has 0 saturated carbocycles. The second-order valence-corrected chi connectivity index (χ2v) is 7.16. The fourth-order valence-electron chi connectivity index (χ4n) is 2.23. The van der Waals surface area contributed by atoms with E-state index in [9.17, 15) is 4.79 Å². The molecule has 0 unspecified atom stereocenters. The summed E-state index contributed by atoms with van der Waals surface area (Å²) in [5.41, 5.74) is 6.53. The molecule has 0 saturated heterocycles. The minimum atomic E-state index is -0.351. The molecular formula is C19H18ClN5O2S. The van der Waals surface area contributed by atoms with Gasteiger partial charge in [0.05, 0.1) is 11.4 Å². The number of nitrogens with two attached hydrogens (primary N) is 1. The summed E-state index contributed by atoms with van der Waals surface area (Å²) in [6.45, 7) is -0.0776. The van der Waals surface area contributed by atoms with E-state index in [1.807, 2.05) is 54.6 Å². The van der Waals surface area contributed by atoms with Crippen molar-refractivity contribution in [3.8, 4) is 0 Å². The number of nitrogens with zero attached hydrogens (tertiary/aromatic N) is 3. The lowest BCUT2D eigenvalue weighted by atomic mass is 10.3. The molecule has 0 amide bonds. The number of esters is 1. The summed E-state index contributed by atoms with van der Waals surface area (Å²) in [6.07, 6.45) is 0.242. The molecule has 2 aromatic carbocycles. The van der Waals surface area contributed by atoms with Gasteiger partial charge in [-0.25, -0.2) is 0 Å². The number of nitrogen functional groups attached to an aromatic ring is 1. The quantitative estimate of drug-likeness (QED) is 0.419. The summed E-state index contributed by atoms with van der Waals surface area (Å²) in [6, 6.07) is 16.9. The van der Waals surface area contributed by atoms with Crippen molar-refractivity contribution in [2.45, 2.75) is 17.9 Å². The number of carbonyl (C=O) groups is 1. The minimum Gasteiger partial charge on any atom is -0.457 e. The summed E-state index contributed by atoms with van der Waals surface area (Å²) in [4.78, 5) is 25.2. The Morgan fingerprint density at radius 2 is 1.82 bits per heavy atom. The zero-order valence-electron chi connectivity index (χ0n) is 14.8. The van der Waals surface area contributed by atoms with Crippen LogP contribution in [0.5, 0.6) is 0 Å². The Morgan fingerprint density at radius 1 is 1.07 bits per heavy atom. The number of halogens is 1. The van der Waals surface area contributed by atoms with Crippen molar-refractivity contribution in [3.05, 3.63) is 65.4 Å². The molecule has 0 bridgehead atoms. The molecule has 7 nitrogen and oxygen atoms in total. The lowest BCUT2D eigenvalue weighted by Crippen LogP contribution is -2.11. The second-order valence-electron chi connectivity index (χ2n) is 5.61. The van der Waals surface area contributed by atoms with Crippen molar-refractivity contribution in [2.24, 2.45) is 0 Å². The number of thioether (sulfide) groups is 1. The van der Waals surface area contributed by atoms with Gasteiger partial charge in [-0.2, -0.15) is 15.0 Å². The third-order valence-corrected chi connectivity index (χ3v) is 5.01. The largest absolute Gasteiger partial charge is 0.457 e. The number of anilines is 3. The van der Waals surface area contributed by atoms with E-state index >= 15 is 0 Å². The number of hydrogen-bond acceptors (Lipinski definition) is 8. The average molecular weight is 416 g/mol. The third kappa shape index (κ3) is 6.11. The lowest BCUT2D eigenvalue weighted by Gasteiger charge is -2.08. The standard InChI is InChI=1S/C19H18ClN5O2S/c20-14-8-4-5-9-15(14)28-11-10-17(26)27-12-16-23-18(21)25-19(24-16)22-13-6-2-1-3-7-13/h1-9H,10-12H2,(H3,21,22,23,24,25). The summed E-state index contributed by atoms with van der Waals surface area (Å²) in [7, 11) is 0. The number of hydrogen-bond donors (Lipinski definition) is 2. The van der Waals surface area contributed by atoms with Crippen molar-refractivity contribution in [1.82, 2.24) is 15.0 Å². The Kier molecular flexibility index (Phi) is 7.05. The predicted octanol–water partition coefficient (Wildman–Crippen LogP) is 4.08. The minimum absolute atomic E-state index is 0.0498. The fraction of sp³-hybridized carbons (Fsp3) is 0.158. The second kappa shape index (κ2) is 9.91. The van der Waals surface area contributed by atoms with Gasteiger partial charge in [0.1, 0.15) is 0 Å². The Morgan fingerprint density at radius 3 is 2.61 bits per heavy atom. The SMILES string of the molecule is Nc1nc(COC(=O)CCSc2ccccc2Cl)nc(Nc2ccccc2)n1. The highest BCUT2D eigenvalue weighted by molar-refractivity contribution is 7.99. The maximum atomic E-state index is 12.0. The van der Waals surface area contributed by atoms with E-state index in [2.05, 4.69) is 20.3 Å². The van der Waals surface area contributed by atoms with E-state index < -0.39 is 0 Å². The van der Waals surface area contributed by atoms with E-state index in [1.165, 1.54) is 11.8 Å². The van der Waals surface area contributed by atoms with E-state index in [4.69, 9.17) is 22.1 Å². The van der Waals surface area contributed by atoms with Gasteiger partial charge in [-0.3, -0.25) is 4.79 Å². The molecule has 0 atom stereocenters. The Balaban J connectivity index is 1.49. The molecule has 3 N–H and O–H groups in total. The topological polar surface area (TPSA) is 103 Å². The Hall–Kier alpha value is -2.84. The molecule has 1 aromatic heterocycles. The van der Waals surface area contributed by atoms with Gasteiger partial charge >= 0.3 is 5.97 Å². The molecule has 0 spiro atoms. The molecule has 0 aliphatic carbocycles. The maximum Gasteiger partial charge on any atom is 0.307 e. The Bertz CT molecular complexity index is 943. The monoisotopic (exact) mass is 415 g/mol. The molecule has 1 heterocycles. The van der Waals surface area contributed by atoms with Crippen LogP contribution in [0.25, 0.3) is 0 Å². The number of carbonyl (C=O) groups excluding carboxylic acids is 1. The molecule has 0 aliphatic heterocycles. The van der Waals surface area contributed by atoms with Gasteiger partial charge in [0.2, 0.25) is 11.9 Å². The molecule has 0 fully saturated rings. The van der Waals surface area contributed by atoms with Gasteiger partial charge in [-0.05, 0) is 24.3 Å². The van der Waals surface area contributed by atoms with E-state index in [0.29, 0.717) is 16.7 Å². The van der Waals surface area contributed by atoms with Crippen molar-refractivity contribution in [1.29, 1.82) is 0 Å². The van der Waals surface area contributed by atoms with Crippen molar-refractivity contribution in [2.75, 3.05) is 16.8 Å². The van der Waals surface area contributed by atoms with Gasteiger partial charge in [0.15, 0.2) is 12.4 Å². The number of para-hydroxylation sites is 1. The summed E-state index contributed by atoms with van der Waals surface area (Å²) < 4.78 is 5.24. The highest BCUT2D eigenvalue weighted by Gasteiger charge is 2.09. The van der Waals surface area contributed by atoms with Crippen LogP contribution < -0.4 is 11.1 Å². The van der Waals surface area contributed by atoms with Crippen molar-refractivity contribution in [3.63, 3.8) is 0 Å². The molecule has 3 aromatic rings. The lowest BCUT2D eigenvalue weighted by molar-refractivity contribution is -0.144. The van der Waals surface area contributed by atoms with Crippen molar-refractivity contribution < 1.29 is 9.53 Å². The fourth-order valence-corrected chi connectivity index (χ4v) is 3.40. The average Bonchev–Trinajstić information content (AvgIpc) is 2.68. The smallest absolute Gasteiger partial charge is 0.307 e. The first-order chi connectivity index (χ1) is 13.6. The van der Waals surface area contributed by atoms with Crippen LogP contribution in [0.1, 0.15) is 12.2 Å². The molecular weight excluding hydrogens is 398 g/mol. The van der Waals surface area contributed by atoms with Gasteiger partial charge in [0, 0.05) is 16.3 Å². The highest BCUT2D eigenvalue weighted by atomic mass is 35.5. The molecule has 144 valence electrons. The maximum absolute atomic E-state index is 12.0. The van der Waals surface area contributed by atoms with E-state index in [1.54, 1.807) is 0 Å². The molecule has 0 radical (unpaired) electrons. The molecule has 3 rings (SSSR count). The first-order valence-corrected chi connectivity index (χ1v) is 9.82.